The summed E-state index contributed by atoms with van der Waals surface area (Å²) in [6, 6.07) is 16.8. The summed E-state index contributed by atoms with van der Waals surface area (Å²) in [5.41, 5.74) is 1.44. The first-order valence-electron chi connectivity index (χ1n) is 8.55. The molecule has 148 valence electrons. The zero-order chi connectivity index (χ0) is 21.0. The van der Waals surface area contributed by atoms with Gasteiger partial charge in [0.2, 0.25) is 0 Å². The summed E-state index contributed by atoms with van der Waals surface area (Å²) in [4.78, 5) is 23.5. The molecule has 8 heteroatoms. The van der Waals surface area contributed by atoms with Crippen molar-refractivity contribution >= 4 is 33.1 Å². The van der Waals surface area contributed by atoms with Crippen LogP contribution in [0.3, 0.4) is 0 Å². The molecule has 0 fully saturated rings. The normalized spacial score (nSPS) is 11.0. The maximum atomic E-state index is 12.9. The van der Waals surface area contributed by atoms with Crippen LogP contribution in [0.5, 0.6) is 0 Å². The van der Waals surface area contributed by atoms with Crippen molar-refractivity contribution < 1.29 is 22.4 Å². The van der Waals surface area contributed by atoms with Gasteiger partial charge in [0.15, 0.2) is 5.78 Å². The van der Waals surface area contributed by atoms with Crippen LogP contribution in [0.2, 0.25) is 0 Å². The highest BCUT2D eigenvalue weighted by molar-refractivity contribution is 7.92. The number of carbonyl (C=O) groups excluding carboxylic acids is 2. The minimum absolute atomic E-state index is 0.0145. The lowest BCUT2D eigenvalue weighted by Gasteiger charge is -2.10. The topological polar surface area (TPSA) is 92.3 Å². The van der Waals surface area contributed by atoms with E-state index in [0.29, 0.717) is 16.8 Å². The fourth-order valence-electron chi connectivity index (χ4n) is 2.51. The fraction of sp³-hybridized carbons (Fsp3) is 0.0476. The van der Waals surface area contributed by atoms with Crippen LogP contribution in [0.4, 0.5) is 15.8 Å². The number of rotatable bonds is 6. The Bertz CT molecular complexity index is 1140. The Labute approximate surface area is 167 Å². The first-order chi connectivity index (χ1) is 13.7. The molecule has 0 radical (unpaired) electrons. The summed E-state index contributed by atoms with van der Waals surface area (Å²) in [5, 5.41) is 2.62. The van der Waals surface area contributed by atoms with Crippen LogP contribution in [0.15, 0.2) is 77.7 Å². The van der Waals surface area contributed by atoms with E-state index in [0.717, 1.165) is 0 Å². The van der Waals surface area contributed by atoms with Crippen molar-refractivity contribution in [3.63, 3.8) is 0 Å². The Kier molecular flexibility index (Phi) is 5.74. The lowest BCUT2D eigenvalue weighted by Crippen LogP contribution is -2.14. The number of carbonyl (C=O) groups is 2. The molecule has 0 spiro atoms. The van der Waals surface area contributed by atoms with Gasteiger partial charge in [-0.25, -0.2) is 12.8 Å². The van der Waals surface area contributed by atoms with Gasteiger partial charge in [-0.05, 0) is 67.6 Å². The Hall–Kier alpha value is -3.52. The van der Waals surface area contributed by atoms with Gasteiger partial charge in [-0.2, -0.15) is 0 Å². The van der Waals surface area contributed by atoms with Gasteiger partial charge in [0, 0.05) is 22.5 Å². The van der Waals surface area contributed by atoms with Crippen LogP contribution in [0.25, 0.3) is 0 Å². The van der Waals surface area contributed by atoms with Gasteiger partial charge in [0.25, 0.3) is 15.9 Å². The number of hydrogen-bond acceptors (Lipinski definition) is 4. The molecule has 29 heavy (non-hydrogen) atoms. The summed E-state index contributed by atoms with van der Waals surface area (Å²) >= 11 is 0. The highest BCUT2D eigenvalue weighted by atomic mass is 32.2. The molecule has 1 amide bonds. The van der Waals surface area contributed by atoms with Gasteiger partial charge in [-0.1, -0.05) is 12.1 Å². The van der Waals surface area contributed by atoms with E-state index in [1.54, 1.807) is 0 Å². The summed E-state index contributed by atoms with van der Waals surface area (Å²) in [6.07, 6.45) is 0. The molecule has 3 rings (SSSR count). The molecule has 0 heterocycles. The average Bonchev–Trinajstić information content (AvgIpc) is 2.70. The third kappa shape index (κ3) is 5.05. The summed E-state index contributed by atoms with van der Waals surface area (Å²) in [5.74, 6) is -0.974. The smallest absolute Gasteiger partial charge is 0.261 e. The number of ketones is 1. The van der Waals surface area contributed by atoms with E-state index in [-0.39, 0.29) is 16.4 Å². The fourth-order valence-corrected chi connectivity index (χ4v) is 3.57. The monoisotopic (exact) mass is 412 g/mol. The molecule has 0 aliphatic heterocycles. The van der Waals surface area contributed by atoms with Crippen LogP contribution in [0, 0.1) is 5.82 Å². The molecule has 0 aromatic heterocycles. The van der Waals surface area contributed by atoms with Crippen molar-refractivity contribution in [3.8, 4) is 0 Å². The van der Waals surface area contributed by atoms with Gasteiger partial charge < -0.3 is 5.32 Å². The zero-order valence-electron chi connectivity index (χ0n) is 15.3. The summed E-state index contributed by atoms with van der Waals surface area (Å²) in [7, 11) is -3.84. The summed E-state index contributed by atoms with van der Waals surface area (Å²) < 4.78 is 40.3. The van der Waals surface area contributed by atoms with Crippen LogP contribution in [-0.2, 0) is 10.0 Å². The third-order valence-corrected chi connectivity index (χ3v) is 5.47. The van der Waals surface area contributed by atoms with Crippen molar-refractivity contribution in [1.82, 2.24) is 0 Å². The van der Waals surface area contributed by atoms with Crippen LogP contribution in [-0.4, -0.2) is 20.1 Å². The molecule has 0 saturated carbocycles. The van der Waals surface area contributed by atoms with Crippen LogP contribution < -0.4 is 10.0 Å². The number of sulfonamides is 1. The number of nitrogens with one attached hydrogen (secondary N) is 2. The molecule has 0 saturated heterocycles. The van der Waals surface area contributed by atoms with Gasteiger partial charge >= 0.3 is 0 Å². The highest BCUT2D eigenvalue weighted by Gasteiger charge is 2.15. The minimum atomic E-state index is -3.84. The van der Waals surface area contributed by atoms with Crippen molar-refractivity contribution in [1.29, 1.82) is 0 Å². The molecule has 3 aromatic carbocycles. The maximum Gasteiger partial charge on any atom is 0.261 e. The molecule has 0 atom stereocenters. The number of amides is 1. The number of hydrogen-bond donors (Lipinski definition) is 2. The molecule has 0 bridgehead atoms. The van der Waals surface area contributed by atoms with Gasteiger partial charge in [-0.15, -0.1) is 0 Å². The summed E-state index contributed by atoms with van der Waals surface area (Å²) in [6.45, 7) is 1.40. The second-order valence-corrected chi connectivity index (χ2v) is 7.91. The number of halogens is 1. The molecular formula is C21H17FN2O4S. The second-order valence-electron chi connectivity index (χ2n) is 6.22. The van der Waals surface area contributed by atoms with Crippen molar-refractivity contribution in [2.75, 3.05) is 10.0 Å². The van der Waals surface area contributed by atoms with Gasteiger partial charge in [0.05, 0.1) is 4.90 Å². The molecule has 6 nitrogen and oxygen atoms in total. The van der Waals surface area contributed by atoms with E-state index in [4.69, 9.17) is 0 Å². The van der Waals surface area contributed by atoms with Crippen molar-refractivity contribution in [3.05, 3.63) is 89.7 Å². The Morgan fingerprint density at radius 2 is 1.28 bits per heavy atom. The van der Waals surface area contributed by atoms with Crippen molar-refractivity contribution in [2.45, 2.75) is 11.8 Å². The number of Topliss-reactive ketones (excluding diaryl/α,β-unsaturated/α-hetero) is 1. The van der Waals surface area contributed by atoms with E-state index in [9.17, 15) is 22.4 Å². The van der Waals surface area contributed by atoms with E-state index >= 15 is 0 Å². The first-order valence-corrected chi connectivity index (χ1v) is 10.0. The van der Waals surface area contributed by atoms with E-state index in [1.807, 2.05) is 0 Å². The first kappa shape index (κ1) is 20.2. The molecule has 0 aliphatic carbocycles. The van der Waals surface area contributed by atoms with E-state index in [2.05, 4.69) is 10.0 Å². The maximum absolute atomic E-state index is 12.9. The Morgan fingerprint density at radius 3 is 1.83 bits per heavy atom. The van der Waals surface area contributed by atoms with Crippen molar-refractivity contribution in [2.24, 2.45) is 0 Å². The Morgan fingerprint density at radius 1 is 0.759 bits per heavy atom. The second kappa shape index (κ2) is 8.24. The zero-order valence-corrected chi connectivity index (χ0v) is 16.2. The SMILES string of the molecule is CC(=O)c1ccc(S(=O)(=O)Nc2ccc(C(=O)Nc3ccc(F)cc3)cc2)cc1. The Balaban J connectivity index is 1.70. The standard InChI is InChI=1S/C21H17FN2O4S/c1-14(25)15-4-12-20(13-5-15)29(27,28)24-19-8-2-16(3-9-19)21(26)23-18-10-6-17(22)7-11-18/h2-13,24H,1H3,(H,23,26). The predicted molar refractivity (Wildman–Crippen MR) is 108 cm³/mol. The highest BCUT2D eigenvalue weighted by Crippen LogP contribution is 2.18. The molecule has 0 aliphatic rings. The molecule has 2 N–H and O–H groups in total. The third-order valence-electron chi connectivity index (χ3n) is 4.07. The number of benzene rings is 3. The van der Waals surface area contributed by atoms with E-state index in [1.165, 1.54) is 79.7 Å². The molecule has 0 unspecified atom stereocenters. The quantitative estimate of drug-likeness (QED) is 0.597. The molecular weight excluding hydrogens is 395 g/mol. The molecule has 3 aromatic rings. The lowest BCUT2D eigenvalue weighted by atomic mass is 10.2. The largest absolute Gasteiger partial charge is 0.322 e. The number of anilines is 2. The average molecular weight is 412 g/mol. The minimum Gasteiger partial charge on any atom is -0.322 e. The predicted octanol–water partition coefficient (Wildman–Crippen LogP) is 4.08. The van der Waals surface area contributed by atoms with Gasteiger partial charge in [0.1, 0.15) is 5.82 Å². The van der Waals surface area contributed by atoms with Gasteiger partial charge in [-0.3, -0.25) is 14.3 Å². The van der Waals surface area contributed by atoms with Crippen LogP contribution in [0.1, 0.15) is 27.6 Å². The lowest BCUT2D eigenvalue weighted by molar-refractivity contribution is 0.101. The van der Waals surface area contributed by atoms with E-state index < -0.39 is 21.7 Å². The van der Waals surface area contributed by atoms with Crippen LogP contribution >= 0.6 is 0 Å².